The minimum Gasteiger partial charge on any atom is -0.322 e. The Morgan fingerprint density at radius 3 is 2.46 bits per heavy atom. The summed E-state index contributed by atoms with van der Waals surface area (Å²) < 4.78 is 67.5. The van der Waals surface area contributed by atoms with E-state index in [1.165, 1.54) is 19.1 Å². The molecule has 1 aromatic heterocycles. The van der Waals surface area contributed by atoms with Crippen molar-refractivity contribution < 1.29 is 22.0 Å². The van der Waals surface area contributed by atoms with Crippen LogP contribution in [0.5, 0.6) is 0 Å². The molecule has 0 fully saturated rings. The van der Waals surface area contributed by atoms with Crippen molar-refractivity contribution in [2.24, 2.45) is 5.73 Å². The van der Waals surface area contributed by atoms with Gasteiger partial charge in [-0.05, 0) is 37.3 Å². The van der Waals surface area contributed by atoms with Crippen molar-refractivity contribution in [3.05, 3.63) is 69.8 Å². The lowest BCUT2D eigenvalue weighted by Crippen LogP contribution is -2.28. The van der Waals surface area contributed by atoms with Gasteiger partial charge in [0, 0.05) is 0 Å². The van der Waals surface area contributed by atoms with E-state index < -0.39 is 46.0 Å². The number of alkyl halides is 3. The third kappa shape index (κ3) is 3.05. The molecule has 0 radical (unpaired) electrons. The summed E-state index contributed by atoms with van der Waals surface area (Å²) in [7, 11) is 0. The molecule has 2 aromatic carbocycles. The largest absolute Gasteiger partial charge is 0.416 e. The van der Waals surface area contributed by atoms with E-state index in [0.717, 1.165) is 12.1 Å². The van der Waals surface area contributed by atoms with Crippen molar-refractivity contribution >= 4 is 10.9 Å². The average molecular weight is 369 g/mol. The quantitative estimate of drug-likeness (QED) is 0.701. The van der Waals surface area contributed by atoms with Crippen LogP contribution in [-0.2, 0) is 6.18 Å². The van der Waals surface area contributed by atoms with Gasteiger partial charge in [0.05, 0.1) is 22.8 Å². The molecule has 4 nitrogen and oxygen atoms in total. The molecule has 0 aliphatic rings. The molecule has 0 saturated carbocycles. The molecular weight excluding hydrogens is 357 g/mol. The van der Waals surface area contributed by atoms with Crippen LogP contribution in [0.4, 0.5) is 22.0 Å². The predicted molar refractivity (Wildman–Crippen MR) is 84.9 cm³/mol. The number of fused-ring (bicyclic) bond motifs is 1. The molecule has 0 aliphatic heterocycles. The Labute approximate surface area is 143 Å². The maximum absolute atomic E-state index is 14.1. The van der Waals surface area contributed by atoms with Gasteiger partial charge in [-0.25, -0.2) is 13.8 Å². The van der Waals surface area contributed by atoms with Crippen LogP contribution in [-0.4, -0.2) is 9.55 Å². The molecule has 26 heavy (non-hydrogen) atoms. The van der Waals surface area contributed by atoms with Crippen LogP contribution in [0.3, 0.4) is 0 Å². The Hall–Kier alpha value is -2.81. The number of nitrogens with zero attached hydrogens (tertiary/aromatic N) is 2. The summed E-state index contributed by atoms with van der Waals surface area (Å²) in [6.07, 6.45) is -4.83. The summed E-state index contributed by atoms with van der Waals surface area (Å²) in [5.74, 6) is -2.21. The topological polar surface area (TPSA) is 60.9 Å². The van der Waals surface area contributed by atoms with Gasteiger partial charge in [-0.2, -0.15) is 13.2 Å². The van der Waals surface area contributed by atoms with Gasteiger partial charge in [-0.15, -0.1) is 0 Å². The second kappa shape index (κ2) is 6.17. The minimum atomic E-state index is -4.83. The second-order valence-corrected chi connectivity index (χ2v) is 5.73. The third-order valence-electron chi connectivity index (χ3n) is 3.75. The normalized spacial score (nSPS) is 13.2. The van der Waals surface area contributed by atoms with Crippen molar-refractivity contribution in [2.45, 2.75) is 19.1 Å². The molecule has 0 amide bonds. The van der Waals surface area contributed by atoms with Crippen LogP contribution in [0.15, 0.2) is 41.2 Å². The number of halogens is 5. The van der Waals surface area contributed by atoms with Gasteiger partial charge in [-0.1, -0.05) is 6.07 Å². The molecule has 3 aromatic rings. The first-order valence-corrected chi connectivity index (χ1v) is 7.44. The van der Waals surface area contributed by atoms with Crippen molar-refractivity contribution in [2.75, 3.05) is 0 Å². The van der Waals surface area contributed by atoms with Crippen LogP contribution in [0.25, 0.3) is 16.6 Å². The van der Waals surface area contributed by atoms with Gasteiger partial charge in [0.1, 0.15) is 22.8 Å². The maximum Gasteiger partial charge on any atom is 0.416 e. The van der Waals surface area contributed by atoms with E-state index in [4.69, 9.17) is 5.73 Å². The first kappa shape index (κ1) is 18.0. The summed E-state index contributed by atoms with van der Waals surface area (Å²) >= 11 is 0. The number of hydrogen-bond acceptors (Lipinski definition) is 3. The fraction of sp³-hybridized carbons (Fsp3) is 0.176. The lowest BCUT2D eigenvalue weighted by molar-refractivity contribution is -0.137. The molecule has 0 bridgehead atoms. The highest BCUT2D eigenvalue weighted by atomic mass is 19.4. The van der Waals surface area contributed by atoms with E-state index in [-0.39, 0.29) is 11.3 Å². The van der Waals surface area contributed by atoms with Crippen LogP contribution < -0.4 is 11.3 Å². The fourth-order valence-corrected chi connectivity index (χ4v) is 2.63. The van der Waals surface area contributed by atoms with Gasteiger partial charge < -0.3 is 5.73 Å². The second-order valence-electron chi connectivity index (χ2n) is 5.73. The maximum atomic E-state index is 14.1. The van der Waals surface area contributed by atoms with E-state index in [1.54, 1.807) is 0 Å². The Morgan fingerprint density at radius 1 is 1.15 bits per heavy atom. The molecule has 3 rings (SSSR count). The Kier molecular flexibility index (Phi) is 4.27. The molecule has 9 heteroatoms. The highest BCUT2D eigenvalue weighted by Crippen LogP contribution is 2.31. The van der Waals surface area contributed by atoms with E-state index in [9.17, 15) is 26.7 Å². The number of aromatic nitrogens is 2. The minimum absolute atomic E-state index is 0.00555. The summed E-state index contributed by atoms with van der Waals surface area (Å²) in [5, 5.41) is -0.422. The molecule has 136 valence electrons. The fourth-order valence-electron chi connectivity index (χ4n) is 2.63. The van der Waals surface area contributed by atoms with Crippen molar-refractivity contribution in [3.8, 4) is 5.69 Å². The average Bonchev–Trinajstić information content (AvgIpc) is 2.53. The SMILES string of the molecule is C[C@H](N)c1nc2cccc(F)c2c(=O)n1-c1cc(F)cc(C(F)(F)F)c1. The Bertz CT molecular complexity index is 1060. The van der Waals surface area contributed by atoms with Gasteiger partial charge in [0.2, 0.25) is 0 Å². The van der Waals surface area contributed by atoms with Crippen molar-refractivity contribution in [1.29, 1.82) is 0 Å². The molecule has 0 saturated heterocycles. The van der Waals surface area contributed by atoms with Gasteiger partial charge >= 0.3 is 6.18 Å². The molecule has 0 unspecified atom stereocenters. The standard InChI is InChI=1S/C17H12F5N3O/c1-8(23)15-24-13-4-2-3-12(19)14(13)16(26)25(15)11-6-9(17(20,21)22)5-10(18)7-11/h2-8H,23H2,1H3/t8-/m0/s1. The molecule has 0 aliphatic carbocycles. The van der Waals surface area contributed by atoms with Gasteiger partial charge in [0.15, 0.2) is 0 Å². The number of rotatable bonds is 2. The van der Waals surface area contributed by atoms with Crippen LogP contribution in [0.2, 0.25) is 0 Å². The zero-order chi connectivity index (χ0) is 19.2. The number of nitrogens with two attached hydrogens (primary N) is 1. The first-order chi connectivity index (χ1) is 12.1. The Balaban J connectivity index is 2.43. The molecule has 2 N–H and O–H groups in total. The summed E-state index contributed by atoms with van der Waals surface area (Å²) in [6.45, 7) is 1.45. The smallest absolute Gasteiger partial charge is 0.322 e. The highest BCUT2D eigenvalue weighted by molar-refractivity contribution is 5.78. The zero-order valence-electron chi connectivity index (χ0n) is 13.3. The lowest BCUT2D eigenvalue weighted by Gasteiger charge is -2.17. The van der Waals surface area contributed by atoms with Crippen LogP contribution >= 0.6 is 0 Å². The van der Waals surface area contributed by atoms with E-state index in [0.29, 0.717) is 16.7 Å². The van der Waals surface area contributed by atoms with Crippen LogP contribution in [0, 0.1) is 11.6 Å². The van der Waals surface area contributed by atoms with E-state index >= 15 is 0 Å². The lowest BCUT2D eigenvalue weighted by atomic mass is 10.1. The molecule has 1 atom stereocenters. The van der Waals surface area contributed by atoms with Crippen molar-refractivity contribution in [1.82, 2.24) is 9.55 Å². The monoisotopic (exact) mass is 369 g/mol. The molecular formula is C17H12F5N3O. The summed E-state index contributed by atoms with van der Waals surface area (Å²) in [5.41, 5.74) is 3.09. The third-order valence-corrected chi connectivity index (χ3v) is 3.75. The van der Waals surface area contributed by atoms with E-state index in [2.05, 4.69) is 4.98 Å². The zero-order valence-corrected chi connectivity index (χ0v) is 13.3. The number of benzene rings is 2. The predicted octanol–water partition coefficient (Wildman–Crippen LogP) is 3.70. The molecule has 1 heterocycles. The highest BCUT2D eigenvalue weighted by Gasteiger charge is 2.32. The summed E-state index contributed by atoms with van der Waals surface area (Å²) in [6, 6.07) is 4.48. The Morgan fingerprint density at radius 2 is 1.85 bits per heavy atom. The molecule has 0 spiro atoms. The first-order valence-electron chi connectivity index (χ1n) is 7.44. The summed E-state index contributed by atoms with van der Waals surface area (Å²) in [4.78, 5) is 16.9. The van der Waals surface area contributed by atoms with E-state index in [1.807, 2.05) is 0 Å². The van der Waals surface area contributed by atoms with Gasteiger partial charge in [-0.3, -0.25) is 9.36 Å². The van der Waals surface area contributed by atoms with Crippen LogP contribution in [0.1, 0.15) is 24.4 Å². The van der Waals surface area contributed by atoms with Gasteiger partial charge in [0.25, 0.3) is 5.56 Å². The van der Waals surface area contributed by atoms with Crippen molar-refractivity contribution in [3.63, 3.8) is 0 Å². The number of hydrogen-bond donors (Lipinski definition) is 1.